The van der Waals surface area contributed by atoms with E-state index in [1.807, 2.05) is 19.1 Å². The summed E-state index contributed by atoms with van der Waals surface area (Å²) in [6, 6.07) is 6.13. The van der Waals surface area contributed by atoms with E-state index in [1.165, 1.54) is 5.56 Å². The summed E-state index contributed by atoms with van der Waals surface area (Å²) in [7, 11) is 0. The third-order valence-corrected chi connectivity index (χ3v) is 2.20. The molecule has 0 saturated heterocycles. The van der Waals surface area contributed by atoms with Crippen molar-refractivity contribution in [3.63, 3.8) is 0 Å². The van der Waals surface area contributed by atoms with Crippen molar-refractivity contribution in [3.8, 4) is 11.4 Å². The highest BCUT2D eigenvalue weighted by Crippen LogP contribution is 2.19. The van der Waals surface area contributed by atoms with E-state index in [1.54, 1.807) is 6.92 Å². The first-order valence-electron chi connectivity index (χ1n) is 4.78. The molecule has 1 aromatic carbocycles. The largest absolute Gasteiger partial charge is 0.203 e. The number of hydrogen-bond donors (Lipinski definition) is 0. The Morgan fingerprint density at radius 3 is 2.13 bits per heavy atom. The lowest BCUT2D eigenvalue weighted by molar-refractivity contribution is 0.815. The Hall–Kier alpha value is -1.84. The molecule has 4 nitrogen and oxygen atoms in total. The summed E-state index contributed by atoms with van der Waals surface area (Å²) >= 11 is 0. The monoisotopic (exact) mass is 200 g/mol. The second-order valence-corrected chi connectivity index (χ2v) is 3.59. The molecule has 0 bridgehead atoms. The van der Waals surface area contributed by atoms with E-state index in [0.29, 0.717) is 11.6 Å². The van der Waals surface area contributed by atoms with Crippen LogP contribution in [0.3, 0.4) is 0 Å². The smallest absolute Gasteiger partial charge is 0.131 e. The standard InChI is InChI=1S/C11H12N4/c1-7-4-5-10(8(2)6-7)11-14-12-9(3)13-15-11/h4-6H,1-3H3. The quantitative estimate of drug-likeness (QED) is 0.705. The summed E-state index contributed by atoms with van der Waals surface area (Å²) in [5.74, 6) is 1.17. The maximum Gasteiger partial charge on any atom is 0.203 e. The topological polar surface area (TPSA) is 51.6 Å². The van der Waals surface area contributed by atoms with Gasteiger partial charge in [-0.2, -0.15) is 0 Å². The van der Waals surface area contributed by atoms with Gasteiger partial charge in [-0.05, 0) is 26.3 Å². The number of benzene rings is 1. The fraction of sp³-hybridized carbons (Fsp3) is 0.273. The highest BCUT2D eigenvalue weighted by molar-refractivity contribution is 5.59. The molecule has 0 spiro atoms. The third kappa shape index (κ3) is 1.98. The van der Waals surface area contributed by atoms with Crippen LogP contribution in [0.25, 0.3) is 11.4 Å². The summed E-state index contributed by atoms with van der Waals surface area (Å²) in [5.41, 5.74) is 3.35. The minimum absolute atomic E-state index is 0.582. The molecule has 76 valence electrons. The maximum absolute atomic E-state index is 4.02. The van der Waals surface area contributed by atoms with Crippen LogP contribution in [-0.4, -0.2) is 20.4 Å². The van der Waals surface area contributed by atoms with Gasteiger partial charge in [-0.3, -0.25) is 0 Å². The van der Waals surface area contributed by atoms with Gasteiger partial charge in [-0.25, -0.2) is 0 Å². The zero-order chi connectivity index (χ0) is 10.8. The number of rotatable bonds is 1. The molecule has 0 atom stereocenters. The van der Waals surface area contributed by atoms with Crippen molar-refractivity contribution >= 4 is 0 Å². The highest BCUT2D eigenvalue weighted by Gasteiger charge is 2.05. The lowest BCUT2D eigenvalue weighted by atomic mass is 10.1. The van der Waals surface area contributed by atoms with Crippen LogP contribution in [0.5, 0.6) is 0 Å². The maximum atomic E-state index is 4.02. The zero-order valence-electron chi connectivity index (χ0n) is 9.02. The molecular formula is C11H12N4. The first-order chi connectivity index (χ1) is 7.16. The van der Waals surface area contributed by atoms with E-state index in [0.717, 1.165) is 11.1 Å². The Morgan fingerprint density at radius 1 is 0.867 bits per heavy atom. The van der Waals surface area contributed by atoms with E-state index in [-0.39, 0.29) is 0 Å². The van der Waals surface area contributed by atoms with Crippen molar-refractivity contribution in [2.24, 2.45) is 0 Å². The molecule has 0 aliphatic heterocycles. The van der Waals surface area contributed by atoms with Crippen molar-refractivity contribution in [1.82, 2.24) is 20.4 Å². The van der Waals surface area contributed by atoms with Gasteiger partial charge in [0.15, 0.2) is 5.82 Å². The fourth-order valence-electron chi connectivity index (χ4n) is 1.45. The minimum Gasteiger partial charge on any atom is -0.131 e. The summed E-state index contributed by atoms with van der Waals surface area (Å²) in [6.45, 7) is 5.86. The second kappa shape index (κ2) is 3.73. The first-order valence-corrected chi connectivity index (χ1v) is 4.78. The molecular weight excluding hydrogens is 188 g/mol. The molecule has 0 amide bonds. The molecule has 2 aromatic rings. The summed E-state index contributed by atoms with van der Waals surface area (Å²) in [6.07, 6.45) is 0. The Bertz CT molecular complexity index is 476. The van der Waals surface area contributed by atoms with Gasteiger partial charge in [-0.1, -0.05) is 23.8 Å². The Labute approximate surface area is 88.4 Å². The summed E-state index contributed by atoms with van der Waals surface area (Å²) in [5, 5.41) is 15.8. The van der Waals surface area contributed by atoms with Crippen molar-refractivity contribution < 1.29 is 0 Å². The van der Waals surface area contributed by atoms with Crippen LogP contribution in [0.2, 0.25) is 0 Å². The highest BCUT2D eigenvalue weighted by atomic mass is 15.3. The van der Waals surface area contributed by atoms with E-state index >= 15 is 0 Å². The second-order valence-electron chi connectivity index (χ2n) is 3.59. The lowest BCUT2D eigenvalue weighted by Crippen LogP contribution is -1.99. The zero-order valence-corrected chi connectivity index (χ0v) is 9.02. The summed E-state index contributed by atoms with van der Waals surface area (Å²) < 4.78 is 0. The van der Waals surface area contributed by atoms with Crippen molar-refractivity contribution in [2.75, 3.05) is 0 Å². The van der Waals surface area contributed by atoms with Crippen LogP contribution in [0, 0.1) is 20.8 Å². The SMILES string of the molecule is Cc1ccc(-c2nnc(C)nn2)c(C)c1. The van der Waals surface area contributed by atoms with Crippen molar-refractivity contribution in [3.05, 3.63) is 35.2 Å². The van der Waals surface area contributed by atoms with Crippen molar-refractivity contribution in [1.29, 1.82) is 0 Å². The van der Waals surface area contributed by atoms with E-state index in [9.17, 15) is 0 Å². The number of aryl methyl sites for hydroxylation is 3. The van der Waals surface area contributed by atoms with Crippen LogP contribution in [0.4, 0.5) is 0 Å². The Morgan fingerprint density at radius 2 is 1.53 bits per heavy atom. The van der Waals surface area contributed by atoms with Gasteiger partial charge in [0.25, 0.3) is 0 Å². The van der Waals surface area contributed by atoms with Crippen LogP contribution in [-0.2, 0) is 0 Å². The number of hydrogen-bond acceptors (Lipinski definition) is 4. The lowest BCUT2D eigenvalue weighted by Gasteiger charge is -2.03. The molecule has 0 N–H and O–H groups in total. The number of aromatic nitrogens is 4. The van der Waals surface area contributed by atoms with Gasteiger partial charge in [0, 0.05) is 5.56 Å². The normalized spacial score (nSPS) is 10.3. The third-order valence-electron chi connectivity index (χ3n) is 2.20. The Balaban J connectivity index is 2.49. The molecule has 0 saturated carbocycles. The van der Waals surface area contributed by atoms with Gasteiger partial charge < -0.3 is 0 Å². The van der Waals surface area contributed by atoms with E-state index in [4.69, 9.17) is 0 Å². The number of nitrogens with zero attached hydrogens (tertiary/aromatic N) is 4. The average Bonchev–Trinajstić information content (AvgIpc) is 2.20. The predicted molar refractivity (Wildman–Crippen MR) is 57.3 cm³/mol. The van der Waals surface area contributed by atoms with Crippen LogP contribution < -0.4 is 0 Å². The Kier molecular flexibility index (Phi) is 2.41. The minimum atomic E-state index is 0.582. The molecule has 0 fully saturated rings. The van der Waals surface area contributed by atoms with Crippen molar-refractivity contribution in [2.45, 2.75) is 20.8 Å². The van der Waals surface area contributed by atoms with Gasteiger partial charge in [-0.15, -0.1) is 20.4 Å². The summed E-state index contributed by atoms with van der Waals surface area (Å²) in [4.78, 5) is 0. The van der Waals surface area contributed by atoms with Crippen LogP contribution in [0.15, 0.2) is 18.2 Å². The molecule has 0 aliphatic carbocycles. The van der Waals surface area contributed by atoms with E-state index in [2.05, 4.69) is 33.4 Å². The van der Waals surface area contributed by atoms with Crippen LogP contribution in [0.1, 0.15) is 17.0 Å². The average molecular weight is 200 g/mol. The van der Waals surface area contributed by atoms with Gasteiger partial charge in [0.2, 0.25) is 5.82 Å². The molecule has 1 heterocycles. The molecule has 15 heavy (non-hydrogen) atoms. The van der Waals surface area contributed by atoms with Crippen LogP contribution >= 0.6 is 0 Å². The molecule has 2 rings (SSSR count). The van der Waals surface area contributed by atoms with Gasteiger partial charge in [0.1, 0.15) is 0 Å². The first kappa shape index (κ1) is 9.71. The fourth-order valence-corrected chi connectivity index (χ4v) is 1.45. The molecule has 0 radical (unpaired) electrons. The molecule has 0 unspecified atom stereocenters. The molecule has 0 aliphatic rings. The van der Waals surface area contributed by atoms with E-state index < -0.39 is 0 Å². The predicted octanol–water partition coefficient (Wildman–Crippen LogP) is 1.86. The molecule has 4 heteroatoms. The molecule has 1 aromatic heterocycles. The van der Waals surface area contributed by atoms with Gasteiger partial charge in [0.05, 0.1) is 0 Å². The van der Waals surface area contributed by atoms with Gasteiger partial charge >= 0.3 is 0 Å².